The molecule has 0 aliphatic heterocycles. The molecule has 0 spiro atoms. The minimum atomic E-state index is -0.476. The van der Waals surface area contributed by atoms with E-state index < -0.39 is 5.60 Å². The van der Waals surface area contributed by atoms with Crippen molar-refractivity contribution >= 4 is 55.4 Å². The first kappa shape index (κ1) is 14.8. The predicted molar refractivity (Wildman–Crippen MR) is 86.0 cm³/mol. The molecule has 19 heavy (non-hydrogen) atoms. The number of fused-ring (bicyclic) bond motifs is 1. The number of carbonyl (C=O) groups excluding carboxylic acids is 1. The second-order valence-electron chi connectivity index (χ2n) is 5.20. The van der Waals surface area contributed by atoms with Gasteiger partial charge in [0.25, 0.3) is 0 Å². The Morgan fingerprint density at radius 3 is 2.79 bits per heavy atom. The Kier molecular flexibility index (Phi) is 4.20. The zero-order valence-corrected chi connectivity index (χ0v) is 14.6. The molecule has 0 N–H and O–H groups in total. The highest BCUT2D eigenvalue weighted by molar-refractivity contribution is 14.1. The fraction of sp³-hybridized carbons (Fsp3) is 0.385. The van der Waals surface area contributed by atoms with Crippen LogP contribution in [-0.2, 0) is 16.1 Å². The summed E-state index contributed by atoms with van der Waals surface area (Å²) in [5, 5.41) is 5.41. The summed E-state index contributed by atoms with van der Waals surface area (Å²) in [6.07, 6.45) is 0. The highest BCUT2D eigenvalue weighted by Gasteiger charge is 2.18. The van der Waals surface area contributed by atoms with Crippen molar-refractivity contribution < 1.29 is 9.53 Å². The molecule has 0 aliphatic carbocycles. The molecule has 0 atom stereocenters. The Balaban J connectivity index is 2.29. The maximum atomic E-state index is 11.9. The van der Waals surface area contributed by atoms with Gasteiger partial charge in [0, 0.05) is 9.86 Å². The van der Waals surface area contributed by atoms with Crippen LogP contribution in [0, 0.1) is 3.70 Å². The van der Waals surface area contributed by atoms with E-state index in [0.29, 0.717) is 0 Å². The molecule has 6 heteroatoms. The number of halogens is 2. The van der Waals surface area contributed by atoms with Gasteiger partial charge in [-0.1, -0.05) is 15.9 Å². The molecule has 1 aromatic heterocycles. The van der Waals surface area contributed by atoms with E-state index in [1.165, 1.54) is 0 Å². The smallest absolute Gasteiger partial charge is 0.328 e. The van der Waals surface area contributed by atoms with E-state index in [9.17, 15) is 4.79 Å². The number of nitrogens with zero attached hydrogens (tertiary/aromatic N) is 2. The minimum absolute atomic E-state index is 0.123. The Morgan fingerprint density at radius 2 is 2.16 bits per heavy atom. The van der Waals surface area contributed by atoms with Gasteiger partial charge in [-0.25, -0.2) is 0 Å². The van der Waals surface area contributed by atoms with Crippen LogP contribution in [0.5, 0.6) is 0 Å². The van der Waals surface area contributed by atoms with E-state index in [-0.39, 0.29) is 12.5 Å². The van der Waals surface area contributed by atoms with Gasteiger partial charge in [-0.2, -0.15) is 5.10 Å². The van der Waals surface area contributed by atoms with Gasteiger partial charge in [0.2, 0.25) is 0 Å². The third kappa shape index (κ3) is 3.68. The van der Waals surface area contributed by atoms with Crippen molar-refractivity contribution in [3.63, 3.8) is 0 Å². The molecule has 0 saturated carbocycles. The number of hydrogen-bond donors (Lipinski definition) is 0. The van der Waals surface area contributed by atoms with Gasteiger partial charge in [-0.3, -0.25) is 9.48 Å². The largest absolute Gasteiger partial charge is 0.459 e. The average molecular weight is 437 g/mol. The molecule has 0 saturated heterocycles. The van der Waals surface area contributed by atoms with Crippen LogP contribution in [0.4, 0.5) is 0 Å². The first-order chi connectivity index (χ1) is 8.76. The van der Waals surface area contributed by atoms with E-state index >= 15 is 0 Å². The second-order valence-corrected chi connectivity index (χ2v) is 7.13. The summed E-state index contributed by atoms with van der Waals surface area (Å²) in [7, 11) is 0. The van der Waals surface area contributed by atoms with E-state index in [0.717, 1.165) is 19.1 Å². The number of hydrogen-bond acceptors (Lipinski definition) is 3. The van der Waals surface area contributed by atoms with Gasteiger partial charge in [0.1, 0.15) is 15.8 Å². The molecule has 0 aliphatic rings. The van der Waals surface area contributed by atoms with E-state index in [1.807, 2.05) is 39.0 Å². The SMILES string of the molecule is CC(C)(C)OC(=O)Cn1nc(I)c2cc(Br)ccc21. The number of carbonyl (C=O) groups is 1. The van der Waals surface area contributed by atoms with Crippen LogP contribution in [0.15, 0.2) is 22.7 Å². The Bertz CT molecular complexity index is 631. The van der Waals surface area contributed by atoms with E-state index in [1.54, 1.807) is 4.68 Å². The number of rotatable bonds is 2. The fourth-order valence-electron chi connectivity index (χ4n) is 1.73. The molecule has 4 nitrogen and oxygen atoms in total. The standard InChI is InChI=1S/C13H14BrIN2O2/c1-13(2,3)19-11(18)7-17-10-5-4-8(14)6-9(10)12(15)16-17/h4-6H,7H2,1-3H3. The third-order valence-electron chi connectivity index (χ3n) is 2.37. The van der Waals surface area contributed by atoms with Gasteiger partial charge < -0.3 is 4.74 Å². The third-order valence-corrected chi connectivity index (χ3v) is 3.66. The van der Waals surface area contributed by atoms with Gasteiger partial charge in [0.15, 0.2) is 0 Å². The van der Waals surface area contributed by atoms with Gasteiger partial charge in [0.05, 0.1) is 5.52 Å². The van der Waals surface area contributed by atoms with Crippen LogP contribution in [0.25, 0.3) is 10.9 Å². The molecule has 0 bridgehead atoms. The van der Waals surface area contributed by atoms with Crippen molar-refractivity contribution in [2.75, 3.05) is 0 Å². The molecule has 1 heterocycles. The minimum Gasteiger partial charge on any atom is -0.459 e. The molecule has 1 aromatic carbocycles. The number of esters is 1. The number of ether oxygens (including phenoxy) is 1. The molecular formula is C13H14BrIN2O2. The highest BCUT2D eigenvalue weighted by Crippen LogP contribution is 2.24. The van der Waals surface area contributed by atoms with Crippen LogP contribution in [0.3, 0.4) is 0 Å². The molecule has 0 unspecified atom stereocenters. The van der Waals surface area contributed by atoms with Crippen LogP contribution >= 0.6 is 38.5 Å². The van der Waals surface area contributed by atoms with Crippen LogP contribution < -0.4 is 0 Å². The van der Waals surface area contributed by atoms with Crippen LogP contribution in [-0.4, -0.2) is 21.4 Å². The summed E-state index contributed by atoms with van der Waals surface area (Å²) in [5.41, 5.74) is 0.453. The molecular weight excluding hydrogens is 423 g/mol. The Labute approximate surface area is 133 Å². The lowest BCUT2D eigenvalue weighted by atomic mass is 10.2. The summed E-state index contributed by atoms with van der Waals surface area (Å²) >= 11 is 5.60. The average Bonchev–Trinajstić information content (AvgIpc) is 2.52. The maximum absolute atomic E-state index is 11.9. The summed E-state index contributed by atoms with van der Waals surface area (Å²) < 4.78 is 8.86. The number of benzene rings is 1. The van der Waals surface area contributed by atoms with Crippen molar-refractivity contribution in [1.82, 2.24) is 9.78 Å². The topological polar surface area (TPSA) is 44.1 Å². The van der Waals surface area contributed by atoms with Crippen LogP contribution in [0.2, 0.25) is 0 Å². The maximum Gasteiger partial charge on any atom is 0.328 e. The summed E-state index contributed by atoms with van der Waals surface area (Å²) in [4.78, 5) is 11.9. The highest BCUT2D eigenvalue weighted by atomic mass is 127. The zero-order chi connectivity index (χ0) is 14.2. The number of aromatic nitrogens is 2. The van der Waals surface area contributed by atoms with Crippen molar-refractivity contribution in [3.05, 3.63) is 26.4 Å². The van der Waals surface area contributed by atoms with Crippen molar-refractivity contribution in [1.29, 1.82) is 0 Å². The first-order valence-corrected chi connectivity index (χ1v) is 7.67. The monoisotopic (exact) mass is 436 g/mol. The summed E-state index contributed by atoms with van der Waals surface area (Å²) in [6.45, 7) is 5.69. The van der Waals surface area contributed by atoms with Gasteiger partial charge >= 0.3 is 5.97 Å². The Morgan fingerprint density at radius 1 is 1.47 bits per heavy atom. The zero-order valence-electron chi connectivity index (χ0n) is 10.9. The lowest BCUT2D eigenvalue weighted by molar-refractivity contribution is -0.155. The lowest BCUT2D eigenvalue weighted by Crippen LogP contribution is -2.26. The molecule has 0 fully saturated rings. The Hall–Kier alpha value is -0.630. The second kappa shape index (κ2) is 5.40. The molecule has 0 radical (unpaired) electrons. The first-order valence-electron chi connectivity index (χ1n) is 5.80. The van der Waals surface area contributed by atoms with Gasteiger partial charge in [-0.15, -0.1) is 0 Å². The van der Waals surface area contributed by atoms with Gasteiger partial charge in [-0.05, 0) is 61.6 Å². The lowest BCUT2D eigenvalue weighted by Gasteiger charge is -2.19. The normalized spacial score (nSPS) is 11.8. The molecule has 0 amide bonds. The van der Waals surface area contributed by atoms with Crippen molar-refractivity contribution in [3.8, 4) is 0 Å². The molecule has 2 rings (SSSR count). The van der Waals surface area contributed by atoms with Crippen LogP contribution in [0.1, 0.15) is 20.8 Å². The molecule has 2 aromatic rings. The van der Waals surface area contributed by atoms with E-state index in [2.05, 4.69) is 43.6 Å². The van der Waals surface area contributed by atoms with Crippen molar-refractivity contribution in [2.45, 2.75) is 32.9 Å². The summed E-state index contributed by atoms with van der Waals surface area (Å²) in [6, 6.07) is 5.88. The summed E-state index contributed by atoms with van der Waals surface area (Å²) in [5.74, 6) is -0.281. The quantitative estimate of drug-likeness (QED) is 0.532. The predicted octanol–water partition coefficient (Wildman–Crippen LogP) is 3.75. The van der Waals surface area contributed by atoms with E-state index in [4.69, 9.17) is 4.74 Å². The molecule has 102 valence electrons. The fourth-order valence-corrected chi connectivity index (χ4v) is 2.78. The van der Waals surface area contributed by atoms with Crippen molar-refractivity contribution in [2.24, 2.45) is 0 Å².